The van der Waals surface area contributed by atoms with Gasteiger partial charge in [0.05, 0.1) is 0 Å². The second-order valence-electron chi connectivity index (χ2n) is 22.8. The molecule has 4 aromatic carbocycles. The van der Waals surface area contributed by atoms with Crippen LogP contribution in [0.5, 0.6) is 46.0 Å². The number of carboxylic acid groups (broad SMARTS) is 8. The monoisotopic (exact) mass is 1290 g/mol. The highest BCUT2D eigenvalue weighted by atomic mass is 16.5. The van der Waals surface area contributed by atoms with E-state index in [4.69, 9.17) is 37.9 Å². The lowest BCUT2D eigenvalue weighted by atomic mass is 9.76. The smallest absolute Gasteiger partial charge is 0.341 e. The van der Waals surface area contributed by atoms with E-state index < -0.39 is 124 Å². The molecule has 8 bridgehead atoms. The Kier molecular flexibility index (Phi) is 30.5. The molecular weight excluding hydrogens is 1200 g/mol. The van der Waals surface area contributed by atoms with E-state index >= 15 is 0 Å². The molecule has 504 valence electrons. The SMILES string of the molecule is CCCCCCC1c2cc(c(OCC(=O)O)cc2OCC(=O)O)C(CCCCCC)c2cc(c(OCC(=O)O)cc2OCC(=O)O)C(CCCCCC)c2cc(c(OCC(=O)O)cc2OCC(=O)O)C(CCCCCC)c2cc1c(OCC(=O)O)cc2OCC(=O)O. The summed E-state index contributed by atoms with van der Waals surface area (Å²) in [4.78, 5) is 101. The fraction of sp³-hybridized carbons (Fsp3) is 0.529. The molecule has 1 aliphatic rings. The number of ether oxygens (including phenoxy) is 8. The van der Waals surface area contributed by atoms with Gasteiger partial charge in [-0.2, -0.15) is 0 Å². The largest absolute Gasteiger partial charge is 0.481 e. The molecule has 92 heavy (non-hydrogen) atoms. The molecule has 0 spiro atoms. The standard InChI is InChI=1S/C68H88O24/c1-5-9-13-17-21-41-45-25-47(55(87-35-63(73)74)29-53(45)85-33-61(69)70)42(22-18-14-10-6-2)49-27-51(59(91-39-67(81)82)31-57(49)89-37-65(77)78)44(24-20-16-12-8-4)52-28-50(58(90-38-66(79)80)32-60(52)92-40-68(83)84)43(23-19-15-11-7-3)48-26-46(41)54(86-34-62(71)72)30-56(48)88-36-64(75)76/h25-32,41-44H,5-24,33-40H2,1-4H3,(H,69,70)(H,71,72)(H,73,74)(H,75,76)(H,77,78)(H,79,80)(H,81,82)(H,83,84). The zero-order valence-electron chi connectivity index (χ0n) is 52.8. The van der Waals surface area contributed by atoms with Gasteiger partial charge in [0.2, 0.25) is 0 Å². The molecule has 0 fully saturated rings. The third kappa shape index (κ3) is 22.8. The number of hydrogen-bond acceptors (Lipinski definition) is 16. The predicted octanol–water partition coefficient (Wildman–Crippen LogP) is 12.1. The van der Waals surface area contributed by atoms with Gasteiger partial charge in [0, 0.05) is 92.4 Å². The Morgan fingerprint density at radius 1 is 0.239 bits per heavy atom. The summed E-state index contributed by atoms with van der Waals surface area (Å²) in [5, 5.41) is 82.1. The van der Waals surface area contributed by atoms with Crippen LogP contribution in [0.1, 0.15) is 224 Å². The Morgan fingerprint density at radius 3 is 0.500 bits per heavy atom. The van der Waals surface area contributed by atoms with E-state index in [0.717, 1.165) is 51.4 Å². The van der Waals surface area contributed by atoms with Crippen molar-refractivity contribution < 1.29 is 117 Å². The molecule has 0 radical (unpaired) electrons. The van der Waals surface area contributed by atoms with Crippen molar-refractivity contribution in [3.05, 3.63) is 93.0 Å². The quantitative estimate of drug-likeness (QED) is 0.0191. The van der Waals surface area contributed by atoms with Crippen LogP contribution in [0.15, 0.2) is 48.5 Å². The van der Waals surface area contributed by atoms with Crippen molar-refractivity contribution in [2.24, 2.45) is 0 Å². The van der Waals surface area contributed by atoms with Crippen LogP contribution in [-0.4, -0.2) is 141 Å². The maximum atomic E-state index is 12.6. The van der Waals surface area contributed by atoms with E-state index in [1.54, 1.807) is 24.3 Å². The number of fused-ring (bicyclic) bond motifs is 8. The van der Waals surface area contributed by atoms with Gasteiger partial charge >= 0.3 is 47.8 Å². The van der Waals surface area contributed by atoms with Gasteiger partial charge < -0.3 is 78.7 Å². The number of unbranched alkanes of at least 4 members (excludes halogenated alkanes) is 12. The number of rotatable bonds is 44. The Morgan fingerprint density at radius 2 is 0.380 bits per heavy atom. The maximum absolute atomic E-state index is 12.6. The van der Waals surface area contributed by atoms with Crippen LogP contribution in [0.4, 0.5) is 0 Å². The van der Waals surface area contributed by atoms with E-state index in [0.29, 0.717) is 51.4 Å². The van der Waals surface area contributed by atoms with Gasteiger partial charge in [-0.1, -0.05) is 130 Å². The van der Waals surface area contributed by atoms with Crippen molar-refractivity contribution in [3.63, 3.8) is 0 Å². The van der Waals surface area contributed by atoms with E-state index in [1.165, 1.54) is 24.3 Å². The highest BCUT2D eigenvalue weighted by Crippen LogP contribution is 2.54. The van der Waals surface area contributed by atoms with E-state index in [9.17, 15) is 79.2 Å². The minimum Gasteiger partial charge on any atom is -0.481 e. The molecule has 0 atom stereocenters. The molecule has 1 aliphatic carbocycles. The van der Waals surface area contributed by atoms with Gasteiger partial charge in [0.15, 0.2) is 52.9 Å². The highest BCUT2D eigenvalue weighted by molar-refractivity contribution is 5.74. The molecule has 0 saturated heterocycles. The summed E-state index contributed by atoms with van der Waals surface area (Å²) in [6.45, 7) is 0.639. The van der Waals surface area contributed by atoms with Gasteiger partial charge in [0.25, 0.3) is 0 Å². The number of hydrogen-bond donors (Lipinski definition) is 8. The van der Waals surface area contributed by atoms with Crippen molar-refractivity contribution in [1.29, 1.82) is 0 Å². The summed E-state index contributed by atoms with van der Waals surface area (Å²) in [6, 6.07) is 12.2. The number of benzene rings is 4. The topological polar surface area (TPSA) is 372 Å². The Bertz CT molecular complexity index is 2570. The Balaban J connectivity index is 2.29. The van der Waals surface area contributed by atoms with Gasteiger partial charge in [-0.3, -0.25) is 0 Å². The summed E-state index contributed by atoms with van der Waals surface area (Å²) in [7, 11) is 0. The highest BCUT2D eigenvalue weighted by Gasteiger charge is 2.36. The van der Waals surface area contributed by atoms with Crippen molar-refractivity contribution >= 4 is 47.8 Å². The van der Waals surface area contributed by atoms with E-state index in [-0.39, 0.29) is 116 Å². The third-order valence-corrected chi connectivity index (χ3v) is 15.8. The first-order valence-corrected chi connectivity index (χ1v) is 31.6. The van der Waals surface area contributed by atoms with Gasteiger partial charge in [0.1, 0.15) is 46.0 Å². The Hall–Kier alpha value is -8.96. The molecular formula is C68H88O24. The van der Waals surface area contributed by atoms with Gasteiger partial charge in [-0.25, -0.2) is 38.4 Å². The van der Waals surface area contributed by atoms with Crippen LogP contribution >= 0.6 is 0 Å². The molecule has 0 aromatic heterocycles. The molecule has 0 aliphatic heterocycles. The summed E-state index contributed by atoms with van der Waals surface area (Å²) in [6.07, 6.45) is 11.5. The number of carbonyl (C=O) groups is 8. The molecule has 0 saturated carbocycles. The fourth-order valence-corrected chi connectivity index (χ4v) is 11.7. The first-order chi connectivity index (χ1) is 44.1. The van der Waals surface area contributed by atoms with Crippen LogP contribution in [-0.2, 0) is 38.4 Å². The van der Waals surface area contributed by atoms with Crippen LogP contribution in [0.3, 0.4) is 0 Å². The number of carboxylic acids is 8. The molecule has 24 nitrogen and oxygen atoms in total. The van der Waals surface area contributed by atoms with Crippen molar-refractivity contribution in [1.82, 2.24) is 0 Å². The number of aliphatic carboxylic acids is 8. The second-order valence-corrected chi connectivity index (χ2v) is 22.8. The normalized spacial score (nSPS) is 14.9. The van der Waals surface area contributed by atoms with Gasteiger partial charge in [-0.15, -0.1) is 0 Å². The minimum atomic E-state index is -1.39. The van der Waals surface area contributed by atoms with Crippen LogP contribution in [0.25, 0.3) is 0 Å². The third-order valence-electron chi connectivity index (χ3n) is 15.8. The fourth-order valence-electron chi connectivity index (χ4n) is 11.7. The zero-order chi connectivity index (χ0) is 67.3. The minimum absolute atomic E-state index is 0.102. The van der Waals surface area contributed by atoms with Crippen LogP contribution in [0, 0.1) is 0 Å². The summed E-state index contributed by atoms with van der Waals surface area (Å²) in [5.41, 5.74) is 2.16. The molecule has 24 heteroatoms. The average molecular weight is 1290 g/mol. The molecule has 8 N–H and O–H groups in total. The zero-order valence-corrected chi connectivity index (χ0v) is 52.8. The van der Waals surface area contributed by atoms with Crippen LogP contribution in [0.2, 0.25) is 0 Å². The summed E-state index contributed by atoms with van der Waals surface area (Å²) in [5.74, 6) is -15.9. The Labute approximate surface area is 534 Å². The molecule has 0 amide bonds. The molecule has 4 aromatic rings. The van der Waals surface area contributed by atoms with Crippen LogP contribution < -0.4 is 37.9 Å². The van der Waals surface area contributed by atoms with E-state index in [1.807, 2.05) is 27.7 Å². The summed E-state index contributed by atoms with van der Waals surface area (Å²) >= 11 is 0. The van der Waals surface area contributed by atoms with Crippen molar-refractivity contribution in [2.45, 2.75) is 180 Å². The lowest BCUT2D eigenvalue weighted by Crippen LogP contribution is -2.20. The lowest BCUT2D eigenvalue weighted by Gasteiger charge is -2.32. The maximum Gasteiger partial charge on any atom is 0.341 e. The first-order valence-electron chi connectivity index (χ1n) is 31.6. The van der Waals surface area contributed by atoms with Crippen molar-refractivity contribution in [2.75, 3.05) is 52.9 Å². The second kappa shape index (κ2) is 38.0. The molecule has 0 heterocycles. The lowest BCUT2D eigenvalue weighted by molar-refractivity contribution is -0.140. The average Bonchev–Trinajstić information content (AvgIpc) is 0.793. The molecule has 0 unspecified atom stereocenters. The predicted molar refractivity (Wildman–Crippen MR) is 333 cm³/mol. The van der Waals surface area contributed by atoms with E-state index in [2.05, 4.69) is 0 Å². The van der Waals surface area contributed by atoms with Gasteiger partial charge in [-0.05, 0) is 49.9 Å². The first kappa shape index (κ1) is 73.8. The summed E-state index contributed by atoms with van der Waals surface area (Å²) < 4.78 is 49.7. The molecule has 5 rings (SSSR count). The van der Waals surface area contributed by atoms with Crippen molar-refractivity contribution in [3.8, 4) is 46.0 Å².